The van der Waals surface area contributed by atoms with E-state index < -0.39 is 0 Å². The van der Waals surface area contributed by atoms with Crippen molar-refractivity contribution in [3.05, 3.63) is 58.1 Å². The number of nitrogens with zero attached hydrogens (tertiary/aromatic N) is 2. The van der Waals surface area contributed by atoms with E-state index in [4.69, 9.17) is 17.3 Å². The molecule has 3 rings (SSSR count). The van der Waals surface area contributed by atoms with Gasteiger partial charge in [-0.3, -0.25) is 4.68 Å². The Morgan fingerprint density at radius 1 is 1.30 bits per heavy atom. The first kappa shape index (κ1) is 13.2. The van der Waals surface area contributed by atoms with Crippen molar-refractivity contribution in [3.8, 4) is 10.6 Å². The van der Waals surface area contributed by atoms with Crippen molar-refractivity contribution in [2.45, 2.75) is 13.5 Å². The Hall–Kier alpha value is -1.78. The molecule has 1 aromatic carbocycles. The van der Waals surface area contributed by atoms with Crippen molar-refractivity contribution in [2.75, 3.05) is 5.73 Å². The predicted molar refractivity (Wildman–Crippen MR) is 85.2 cm³/mol. The van der Waals surface area contributed by atoms with E-state index in [1.54, 1.807) is 11.3 Å². The first-order valence-electron chi connectivity index (χ1n) is 6.26. The molecule has 0 unspecified atom stereocenters. The number of aromatic nitrogens is 2. The van der Waals surface area contributed by atoms with Gasteiger partial charge in [0, 0.05) is 11.2 Å². The molecule has 0 atom stereocenters. The summed E-state index contributed by atoms with van der Waals surface area (Å²) < 4.78 is 1.84. The number of hydrogen-bond donors (Lipinski definition) is 1. The summed E-state index contributed by atoms with van der Waals surface area (Å²) >= 11 is 7.83. The maximum Gasteiger partial charge on any atom is 0.125 e. The highest BCUT2D eigenvalue weighted by molar-refractivity contribution is 7.13. The van der Waals surface area contributed by atoms with Gasteiger partial charge in [-0.25, -0.2) is 0 Å². The van der Waals surface area contributed by atoms with Crippen LogP contribution in [0.15, 0.2) is 41.9 Å². The number of benzene rings is 1. The van der Waals surface area contributed by atoms with Gasteiger partial charge in [0.1, 0.15) is 5.69 Å². The Morgan fingerprint density at radius 2 is 2.10 bits per heavy atom. The van der Waals surface area contributed by atoms with Crippen LogP contribution < -0.4 is 5.73 Å². The minimum Gasteiger partial charge on any atom is -0.396 e. The molecule has 102 valence electrons. The van der Waals surface area contributed by atoms with Crippen LogP contribution >= 0.6 is 22.9 Å². The number of nitrogens with two attached hydrogens (primary N) is 1. The van der Waals surface area contributed by atoms with E-state index >= 15 is 0 Å². The summed E-state index contributed by atoms with van der Waals surface area (Å²) in [7, 11) is 0. The van der Waals surface area contributed by atoms with E-state index in [1.807, 2.05) is 35.1 Å². The zero-order valence-corrected chi connectivity index (χ0v) is 12.6. The summed E-state index contributed by atoms with van der Waals surface area (Å²) in [6.07, 6.45) is 1.86. The second-order valence-electron chi connectivity index (χ2n) is 4.65. The number of thiophene rings is 1. The van der Waals surface area contributed by atoms with Gasteiger partial charge in [0.05, 0.1) is 17.1 Å². The highest BCUT2D eigenvalue weighted by Crippen LogP contribution is 2.32. The summed E-state index contributed by atoms with van der Waals surface area (Å²) in [6.45, 7) is 2.69. The minimum atomic E-state index is 0.619. The smallest absolute Gasteiger partial charge is 0.125 e. The van der Waals surface area contributed by atoms with Crippen LogP contribution in [0.3, 0.4) is 0 Å². The molecular formula is C15H14ClN3S. The van der Waals surface area contributed by atoms with Crippen LogP contribution in [0.4, 0.5) is 5.69 Å². The molecule has 0 spiro atoms. The van der Waals surface area contributed by atoms with Crippen LogP contribution in [0.1, 0.15) is 11.1 Å². The first-order valence-corrected chi connectivity index (χ1v) is 7.51. The summed E-state index contributed by atoms with van der Waals surface area (Å²) in [5.74, 6) is 0. The van der Waals surface area contributed by atoms with E-state index in [9.17, 15) is 0 Å². The van der Waals surface area contributed by atoms with Gasteiger partial charge in [-0.1, -0.05) is 29.8 Å². The van der Waals surface area contributed by atoms with Gasteiger partial charge in [-0.2, -0.15) is 5.10 Å². The number of rotatable bonds is 3. The Balaban J connectivity index is 1.94. The lowest BCUT2D eigenvalue weighted by molar-refractivity contribution is 0.690. The van der Waals surface area contributed by atoms with Crippen molar-refractivity contribution in [1.82, 2.24) is 9.78 Å². The highest BCUT2D eigenvalue weighted by Gasteiger charge is 2.12. The molecule has 0 amide bonds. The lowest BCUT2D eigenvalue weighted by atomic mass is 10.2. The lowest BCUT2D eigenvalue weighted by Gasteiger charge is -2.03. The number of anilines is 1. The van der Waals surface area contributed by atoms with Crippen LogP contribution in [0.2, 0.25) is 5.02 Å². The Bertz CT molecular complexity index is 745. The molecule has 2 N–H and O–H groups in total. The van der Waals surface area contributed by atoms with E-state index in [2.05, 4.69) is 23.5 Å². The van der Waals surface area contributed by atoms with Crippen molar-refractivity contribution in [1.29, 1.82) is 0 Å². The third-order valence-electron chi connectivity index (χ3n) is 3.16. The zero-order chi connectivity index (χ0) is 14.1. The Kier molecular flexibility index (Phi) is 3.51. The molecule has 2 heterocycles. The Labute approximate surface area is 126 Å². The van der Waals surface area contributed by atoms with Gasteiger partial charge in [0.15, 0.2) is 0 Å². The molecular weight excluding hydrogens is 290 g/mol. The maximum absolute atomic E-state index is 6.18. The molecule has 3 aromatic rings. The first-order chi connectivity index (χ1) is 9.65. The molecule has 0 bridgehead atoms. The molecule has 0 aliphatic heterocycles. The van der Waals surface area contributed by atoms with Gasteiger partial charge < -0.3 is 5.73 Å². The summed E-state index contributed by atoms with van der Waals surface area (Å²) in [4.78, 5) is 1.13. The average Bonchev–Trinajstić information content (AvgIpc) is 2.98. The van der Waals surface area contributed by atoms with Crippen molar-refractivity contribution >= 4 is 28.6 Å². The molecule has 0 aliphatic rings. The fourth-order valence-corrected chi connectivity index (χ4v) is 3.24. The lowest BCUT2D eigenvalue weighted by Crippen LogP contribution is -2.00. The number of hydrogen-bond acceptors (Lipinski definition) is 3. The van der Waals surface area contributed by atoms with Crippen LogP contribution in [0, 0.1) is 6.92 Å². The summed E-state index contributed by atoms with van der Waals surface area (Å²) in [5.41, 5.74) is 9.86. The fourth-order valence-electron chi connectivity index (χ4n) is 2.11. The molecule has 0 saturated heterocycles. The number of halogens is 1. The molecule has 0 aliphatic carbocycles. The molecule has 0 radical (unpaired) electrons. The van der Waals surface area contributed by atoms with Gasteiger partial charge >= 0.3 is 0 Å². The van der Waals surface area contributed by atoms with E-state index in [0.717, 1.165) is 21.2 Å². The van der Waals surface area contributed by atoms with Gasteiger partial charge in [-0.15, -0.1) is 11.3 Å². The molecule has 0 fully saturated rings. The quantitative estimate of drug-likeness (QED) is 0.788. The summed E-state index contributed by atoms with van der Waals surface area (Å²) in [5, 5.41) is 7.39. The molecule has 0 saturated carbocycles. The molecule has 2 aromatic heterocycles. The second-order valence-corrected chi connectivity index (χ2v) is 5.98. The largest absolute Gasteiger partial charge is 0.396 e. The average molecular weight is 304 g/mol. The highest BCUT2D eigenvalue weighted by atomic mass is 35.5. The normalized spacial score (nSPS) is 10.9. The van der Waals surface area contributed by atoms with E-state index in [0.29, 0.717) is 12.2 Å². The van der Waals surface area contributed by atoms with E-state index in [1.165, 1.54) is 5.56 Å². The minimum absolute atomic E-state index is 0.619. The molecule has 20 heavy (non-hydrogen) atoms. The third kappa shape index (κ3) is 2.44. The van der Waals surface area contributed by atoms with Crippen LogP contribution in [0.25, 0.3) is 10.6 Å². The SMILES string of the molecule is Cc1ccsc1-c1nn(Cc2ccccc2Cl)cc1N. The zero-order valence-electron chi connectivity index (χ0n) is 11.0. The topological polar surface area (TPSA) is 43.8 Å². The fraction of sp³-hybridized carbons (Fsp3) is 0.133. The Morgan fingerprint density at radius 3 is 2.80 bits per heavy atom. The summed E-state index contributed by atoms with van der Waals surface area (Å²) in [6, 6.07) is 9.85. The predicted octanol–water partition coefficient (Wildman–Crippen LogP) is 4.20. The van der Waals surface area contributed by atoms with E-state index in [-0.39, 0.29) is 0 Å². The molecule has 5 heteroatoms. The number of nitrogen functional groups attached to an aromatic ring is 1. The van der Waals surface area contributed by atoms with Gasteiger partial charge in [0.25, 0.3) is 0 Å². The van der Waals surface area contributed by atoms with Gasteiger partial charge in [0.2, 0.25) is 0 Å². The van der Waals surface area contributed by atoms with Crippen molar-refractivity contribution in [3.63, 3.8) is 0 Å². The number of aryl methyl sites for hydroxylation is 1. The monoisotopic (exact) mass is 303 g/mol. The van der Waals surface area contributed by atoms with Crippen LogP contribution in [-0.2, 0) is 6.54 Å². The third-order valence-corrected chi connectivity index (χ3v) is 4.55. The van der Waals surface area contributed by atoms with Crippen molar-refractivity contribution in [2.24, 2.45) is 0 Å². The maximum atomic E-state index is 6.18. The van der Waals surface area contributed by atoms with Gasteiger partial charge in [-0.05, 0) is 35.6 Å². The van der Waals surface area contributed by atoms with Crippen molar-refractivity contribution < 1.29 is 0 Å². The second kappa shape index (κ2) is 5.31. The molecule has 3 nitrogen and oxygen atoms in total. The van der Waals surface area contributed by atoms with Crippen LogP contribution in [-0.4, -0.2) is 9.78 Å². The standard InChI is InChI=1S/C15H14ClN3S/c1-10-6-7-20-15(10)14-13(17)9-19(18-14)8-11-4-2-3-5-12(11)16/h2-7,9H,8,17H2,1H3. The van der Waals surface area contributed by atoms with Crippen LogP contribution in [0.5, 0.6) is 0 Å².